The summed E-state index contributed by atoms with van der Waals surface area (Å²) in [4.78, 5) is 14.6. The van der Waals surface area contributed by atoms with Crippen LogP contribution in [0.1, 0.15) is 53.1 Å². The maximum absolute atomic E-state index is 12.7. The van der Waals surface area contributed by atoms with E-state index in [1.807, 2.05) is 19.0 Å². The van der Waals surface area contributed by atoms with Crippen LogP contribution in [0, 0.1) is 0 Å². The first-order valence-electron chi connectivity index (χ1n) is 9.34. The van der Waals surface area contributed by atoms with Gasteiger partial charge in [-0.3, -0.25) is 4.79 Å². The molecule has 1 amide bonds. The van der Waals surface area contributed by atoms with Gasteiger partial charge in [-0.25, -0.2) is 0 Å². The Morgan fingerprint density at radius 3 is 2.23 bits per heavy atom. The number of carbonyl (C=O) groups excluding carboxylic acids is 1. The highest BCUT2D eigenvalue weighted by Gasteiger charge is 2.27. The highest BCUT2D eigenvalue weighted by atomic mass is 35.5. The van der Waals surface area contributed by atoms with Crippen molar-refractivity contribution in [1.82, 2.24) is 10.2 Å². The van der Waals surface area contributed by atoms with Crippen molar-refractivity contribution in [3.05, 3.63) is 70.2 Å². The number of nitrogens with zero attached hydrogens (tertiary/aromatic N) is 1. The molecule has 0 atom stereocenters. The minimum absolute atomic E-state index is 0.0848. The first kappa shape index (κ1) is 18.9. The van der Waals surface area contributed by atoms with E-state index >= 15 is 0 Å². The van der Waals surface area contributed by atoms with Crippen LogP contribution in [0.4, 0.5) is 0 Å². The maximum atomic E-state index is 12.7. The molecule has 2 aromatic carbocycles. The topological polar surface area (TPSA) is 32.3 Å². The van der Waals surface area contributed by atoms with Gasteiger partial charge in [-0.15, -0.1) is 0 Å². The molecule has 1 fully saturated rings. The molecule has 0 unspecified atom stereocenters. The second-order valence-electron chi connectivity index (χ2n) is 7.20. The number of benzene rings is 2. The van der Waals surface area contributed by atoms with E-state index in [9.17, 15) is 4.79 Å². The minimum Gasteiger partial charge on any atom is -0.339 e. The van der Waals surface area contributed by atoms with E-state index in [1.54, 1.807) is 24.3 Å². The quantitative estimate of drug-likeness (QED) is 0.815. The molecule has 1 saturated carbocycles. The van der Waals surface area contributed by atoms with Crippen LogP contribution in [0.25, 0.3) is 0 Å². The number of hydrogen-bond donors (Lipinski definition) is 1. The summed E-state index contributed by atoms with van der Waals surface area (Å²) < 4.78 is 0. The van der Waals surface area contributed by atoms with Crippen LogP contribution in [-0.2, 0) is 6.54 Å². The lowest BCUT2D eigenvalue weighted by atomic mass is 9.81. The number of nitrogens with one attached hydrogen (secondary N) is 1. The fourth-order valence-electron chi connectivity index (χ4n) is 3.87. The van der Waals surface area contributed by atoms with Crippen LogP contribution >= 0.6 is 11.6 Å². The second-order valence-corrected chi connectivity index (χ2v) is 7.64. The van der Waals surface area contributed by atoms with Crippen molar-refractivity contribution in [2.75, 3.05) is 14.1 Å². The van der Waals surface area contributed by atoms with Gasteiger partial charge >= 0.3 is 0 Å². The molecule has 0 radical (unpaired) electrons. The normalized spacial score (nSPS) is 20.0. The summed E-state index contributed by atoms with van der Waals surface area (Å²) in [6.45, 7) is 0.907. The van der Waals surface area contributed by atoms with Gasteiger partial charge in [-0.1, -0.05) is 35.9 Å². The number of rotatable bonds is 5. The standard InChI is InChI=1S/C22H27ClN2O/c1-24-15-16-3-5-17(6-4-16)18-9-13-21(14-10-18)25(2)22(26)19-7-11-20(23)12-8-19/h3-8,11-12,18,21,24H,9-10,13-15H2,1-2H3/t18-,21-. The Morgan fingerprint density at radius 2 is 1.65 bits per heavy atom. The first-order chi connectivity index (χ1) is 12.6. The minimum atomic E-state index is 0.0848. The molecule has 3 rings (SSSR count). The van der Waals surface area contributed by atoms with Gasteiger partial charge in [0.15, 0.2) is 0 Å². The van der Waals surface area contributed by atoms with E-state index in [0.29, 0.717) is 22.5 Å². The smallest absolute Gasteiger partial charge is 0.253 e. The predicted molar refractivity (Wildman–Crippen MR) is 108 cm³/mol. The zero-order chi connectivity index (χ0) is 18.5. The van der Waals surface area contributed by atoms with E-state index in [4.69, 9.17) is 11.6 Å². The van der Waals surface area contributed by atoms with Crippen molar-refractivity contribution < 1.29 is 4.79 Å². The average Bonchev–Trinajstić information content (AvgIpc) is 2.68. The summed E-state index contributed by atoms with van der Waals surface area (Å²) in [5, 5.41) is 3.84. The van der Waals surface area contributed by atoms with Crippen molar-refractivity contribution in [2.45, 2.75) is 44.2 Å². The molecule has 0 saturated heterocycles. The lowest BCUT2D eigenvalue weighted by molar-refractivity contribution is 0.0689. The van der Waals surface area contributed by atoms with Crippen molar-refractivity contribution in [2.24, 2.45) is 0 Å². The molecule has 1 N–H and O–H groups in total. The number of amides is 1. The highest BCUT2D eigenvalue weighted by molar-refractivity contribution is 6.30. The SMILES string of the molecule is CNCc1ccc([C@H]2CC[C@H](N(C)C(=O)c3ccc(Cl)cc3)CC2)cc1. The van der Waals surface area contributed by atoms with Crippen LogP contribution in [-0.4, -0.2) is 30.9 Å². The van der Waals surface area contributed by atoms with Crippen LogP contribution in [0.3, 0.4) is 0 Å². The summed E-state index contributed by atoms with van der Waals surface area (Å²) in [6.07, 6.45) is 4.38. The predicted octanol–water partition coefficient (Wildman–Crippen LogP) is 4.86. The van der Waals surface area contributed by atoms with Gasteiger partial charge in [0, 0.05) is 30.2 Å². The largest absolute Gasteiger partial charge is 0.339 e. The van der Waals surface area contributed by atoms with Crippen LogP contribution < -0.4 is 5.32 Å². The summed E-state index contributed by atoms with van der Waals surface area (Å²) in [5.74, 6) is 0.690. The third kappa shape index (κ3) is 4.46. The first-order valence-corrected chi connectivity index (χ1v) is 9.72. The zero-order valence-corrected chi connectivity index (χ0v) is 16.3. The summed E-state index contributed by atoms with van der Waals surface area (Å²) in [5.41, 5.74) is 3.45. The third-order valence-electron chi connectivity index (χ3n) is 5.49. The Bertz CT molecular complexity index is 719. The molecule has 0 bridgehead atoms. The Hall–Kier alpha value is -1.84. The summed E-state index contributed by atoms with van der Waals surface area (Å²) in [7, 11) is 3.89. The van der Waals surface area contributed by atoms with Gasteiger partial charge in [0.1, 0.15) is 0 Å². The molecule has 3 nitrogen and oxygen atoms in total. The molecule has 4 heteroatoms. The Morgan fingerprint density at radius 1 is 1.04 bits per heavy atom. The maximum Gasteiger partial charge on any atom is 0.253 e. The van der Waals surface area contributed by atoms with E-state index in [0.717, 1.165) is 32.2 Å². The number of hydrogen-bond acceptors (Lipinski definition) is 2. The Kier molecular flexibility index (Phi) is 6.33. The summed E-state index contributed by atoms with van der Waals surface area (Å²) >= 11 is 5.92. The van der Waals surface area contributed by atoms with Crippen molar-refractivity contribution in [1.29, 1.82) is 0 Å². The van der Waals surface area contributed by atoms with E-state index in [-0.39, 0.29) is 5.91 Å². The molecule has 1 aliphatic carbocycles. The number of carbonyl (C=O) groups is 1. The van der Waals surface area contributed by atoms with Gasteiger partial charge in [0.2, 0.25) is 0 Å². The lowest BCUT2D eigenvalue weighted by Gasteiger charge is -2.35. The Balaban J connectivity index is 1.57. The van der Waals surface area contributed by atoms with Crippen molar-refractivity contribution in [3.63, 3.8) is 0 Å². The van der Waals surface area contributed by atoms with Gasteiger partial charge in [0.05, 0.1) is 0 Å². The number of halogens is 1. The van der Waals surface area contributed by atoms with Gasteiger partial charge in [0.25, 0.3) is 5.91 Å². The molecule has 0 aromatic heterocycles. The molecule has 0 aliphatic heterocycles. The van der Waals surface area contributed by atoms with E-state index in [2.05, 4.69) is 29.6 Å². The van der Waals surface area contributed by atoms with E-state index < -0.39 is 0 Å². The highest BCUT2D eigenvalue weighted by Crippen LogP contribution is 2.35. The monoisotopic (exact) mass is 370 g/mol. The lowest BCUT2D eigenvalue weighted by Crippen LogP contribution is -2.39. The van der Waals surface area contributed by atoms with Crippen LogP contribution in [0.5, 0.6) is 0 Å². The molecule has 26 heavy (non-hydrogen) atoms. The molecular weight excluding hydrogens is 344 g/mol. The molecule has 138 valence electrons. The molecule has 0 heterocycles. The van der Waals surface area contributed by atoms with Gasteiger partial charge < -0.3 is 10.2 Å². The zero-order valence-electron chi connectivity index (χ0n) is 15.5. The molecule has 2 aromatic rings. The second kappa shape index (κ2) is 8.70. The van der Waals surface area contributed by atoms with Crippen molar-refractivity contribution >= 4 is 17.5 Å². The molecule has 0 spiro atoms. The van der Waals surface area contributed by atoms with Gasteiger partial charge in [-0.05, 0) is 74.0 Å². The van der Waals surface area contributed by atoms with Crippen LogP contribution in [0.15, 0.2) is 48.5 Å². The van der Waals surface area contributed by atoms with E-state index in [1.165, 1.54) is 11.1 Å². The third-order valence-corrected chi connectivity index (χ3v) is 5.74. The summed E-state index contributed by atoms with van der Waals surface area (Å²) in [6, 6.07) is 16.4. The van der Waals surface area contributed by atoms with Crippen LogP contribution in [0.2, 0.25) is 5.02 Å². The Labute approximate surface area is 161 Å². The van der Waals surface area contributed by atoms with Crippen molar-refractivity contribution in [3.8, 4) is 0 Å². The molecule has 1 aliphatic rings. The van der Waals surface area contributed by atoms with Gasteiger partial charge in [-0.2, -0.15) is 0 Å². The fraction of sp³-hybridized carbons (Fsp3) is 0.409. The molecular formula is C22H27ClN2O. The average molecular weight is 371 g/mol. The fourth-order valence-corrected chi connectivity index (χ4v) is 4.00.